The summed E-state index contributed by atoms with van der Waals surface area (Å²) in [4.78, 5) is 4.14. The van der Waals surface area contributed by atoms with Crippen molar-refractivity contribution >= 4 is 44.7 Å². The topological polar surface area (TPSA) is 60.2 Å². The van der Waals surface area contributed by atoms with Crippen molar-refractivity contribution in [2.75, 3.05) is 18.2 Å². The maximum atomic E-state index is 5.84. The Kier molecular flexibility index (Phi) is 3.93. The van der Waals surface area contributed by atoms with Crippen molar-refractivity contribution in [3.63, 3.8) is 0 Å². The number of rotatable bonds is 3. The Bertz CT molecular complexity index is 577. The molecule has 0 fully saturated rings. The highest BCUT2D eigenvalue weighted by Crippen LogP contribution is 2.32. The second-order valence-corrected chi connectivity index (χ2v) is 4.91. The van der Waals surface area contributed by atoms with E-state index in [9.17, 15) is 0 Å². The Hall–Kier alpha value is -1.46. The zero-order chi connectivity index (χ0) is 13.1. The molecule has 0 saturated heterocycles. The summed E-state index contributed by atoms with van der Waals surface area (Å²) in [6.45, 7) is 0. The number of halogens is 2. The van der Waals surface area contributed by atoms with Crippen LogP contribution in [0.5, 0.6) is 5.75 Å². The smallest absolute Gasteiger partial charge is 0.153 e. The van der Waals surface area contributed by atoms with Gasteiger partial charge in [0.05, 0.1) is 23.5 Å². The summed E-state index contributed by atoms with van der Waals surface area (Å²) in [5.41, 5.74) is 7.08. The van der Waals surface area contributed by atoms with Crippen molar-refractivity contribution < 1.29 is 4.74 Å². The molecule has 1 aromatic carbocycles. The van der Waals surface area contributed by atoms with Crippen LogP contribution >= 0.6 is 27.5 Å². The first-order chi connectivity index (χ1) is 8.60. The van der Waals surface area contributed by atoms with Crippen molar-refractivity contribution in [1.29, 1.82) is 0 Å². The summed E-state index contributed by atoms with van der Waals surface area (Å²) in [6.07, 6.45) is 1.53. The van der Waals surface area contributed by atoms with Crippen molar-refractivity contribution in [3.05, 3.63) is 40.0 Å². The Morgan fingerprint density at radius 1 is 1.39 bits per heavy atom. The number of hydrogen-bond acceptors (Lipinski definition) is 4. The highest BCUT2D eigenvalue weighted by atomic mass is 79.9. The molecule has 0 radical (unpaired) electrons. The maximum absolute atomic E-state index is 5.84. The van der Waals surface area contributed by atoms with E-state index >= 15 is 0 Å². The Morgan fingerprint density at radius 2 is 2.17 bits per heavy atom. The highest BCUT2D eigenvalue weighted by Gasteiger charge is 2.07. The molecule has 0 unspecified atom stereocenters. The first-order valence-electron chi connectivity index (χ1n) is 5.11. The van der Waals surface area contributed by atoms with Crippen LogP contribution in [0.2, 0.25) is 5.02 Å². The molecule has 0 saturated carbocycles. The minimum Gasteiger partial charge on any atom is -0.495 e. The average Bonchev–Trinajstić information content (AvgIpc) is 2.33. The SMILES string of the molecule is COc1ccc(Br)cc1Nc1ncc(Cl)cc1N. The summed E-state index contributed by atoms with van der Waals surface area (Å²) in [7, 11) is 1.60. The number of benzene rings is 1. The van der Waals surface area contributed by atoms with E-state index in [2.05, 4.69) is 26.2 Å². The minimum absolute atomic E-state index is 0.476. The monoisotopic (exact) mass is 327 g/mol. The summed E-state index contributed by atoms with van der Waals surface area (Å²) in [6, 6.07) is 7.26. The number of ether oxygens (including phenoxy) is 1. The fraction of sp³-hybridized carbons (Fsp3) is 0.0833. The largest absolute Gasteiger partial charge is 0.495 e. The fourth-order valence-corrected chi connectivity index (χ4v) is 1.99. The third kappa shape index (κ3) is 2.86. The second kappa shape index (κ2) is 5.46. The number of nitrogens with two attached hydrogens (primary N) is 1. The molecule has 0 bridgehead atoms. The lowest BCUT2D eigenvalue weighted by molar-refractivity contribution is 0.416. The second-order valence-electron chi connectivity index (χ2n) is 3.56. The molecule has 6 heteroatoms. The standard InChI is InChI=1S/C12H11BrClN3O/c1-18-11-3-2-7(13)4-10(11)17-12-9(15)5-8(14)6-16-12/h2-6H,15H2,1H3,(H,16,17). The molecule has 0 aliphatic heterocycles. The minimum atomic E-state index is 0.476. The number of hydrogen-bond donors (Lipinski definition) is 2. The third-order valence-corrected chi connectivity index (χ3v) is 3.00. The van der Waals surface area contributed by atoms with Crippen LogP contribution in [0.25, 0.3) is 0 Å². The molecule has 2 aromatic rings. The van der Waals surface area contributed by atoms with Crippen molar-refractivity contribution in [1.82, 2.24) is 4.98 Å². The number of nitrogens with one attached hydrogen (secondary N) is 1. The number of nitrogens with zero attached hydrogens (tertiary/aromatic N) is 1. The number of methoxy groups -OCH3 is 1. The molecule has 3 N–H and O–H groups in total. The van der Waals surface area contributed by atoms with E-state index in [0.717, 1.165) is 10.2 Å². The molecule has 0 amide bonds. The molecule has 1 aromatic heterocycles. The molecule has 2 rings (SSSR count). The molecule has 0 aliphatic rings. The number of anilines is 3. The van der Waals surface area contributed by atoms with E-state index in [1.807, 2.05) is 18.2 Å². The highest BCUT2D eigenvalue weighted by molar-refractivity contribution is 9.10. The average molecular weight is 329 g/mol. The van der Waals surface area contributed by atoms with Gasteiger partial charge in [0.25, 0.3) is 0 Å². The number of aromatic nitrogens is 1. The van der Waals surface area contributed by atoms with Gasteiger partial charge in [-0.3, -0.25) is 0 Å². The zero-order valence-corrected chi connectivity index (χ0v) is 11.9. The van der Waals surface area contributed by atoms with Crippen LogP contribution in [-0.4, -0.2) is 12.1 Å². The van der Waals surface area contributed by atoms with Gasteiger partial charge in [0, 0.05) is 10.7 Å². The van der Waals surface area contributed by atoms with Gasteiger partial charge in [-0.15, -0.1) is 0 Å². The van der Waals surface area contributed by atoms with Crippen LogP contribution in [0.1, 0.15) is 0 Å². The van der Waals surface area contributed by atoms with Gasteiger partial charge in [0.1, 0.15) is 5.75 Å². The molecule has 0 spiro atoms. The Labute approximate surface area is 118 Å². The van der Waals surface area contributed by atoms with Gasteiger partial charge in [-0.1, -0.05) is 27.5 Å². The molecule has 4 nitrogen and oxygen atoms in total. The van der Waals surface area contributed by atoms with Gasteiger partial charge in [-0.25, -0.2) is 4.98 Å². The zero-order valence-electron chi connectivity index (χ0n) is 9.58. The Balaban J connectivity index is 2.36. The van der Waals surface area contributed by atoms with Crippen molar-refractivity contribution in [2.24, 2.45) is 0 Å². The van der Waals surface area contributed by atoms with Crippen LogP contribution in [0.3, 0.4) is 0 Å². The Morgan fingerprint density at radius 3 is 2.83 bits per heavy atom. The van der Waals surface area contributed by atoms with Crippen LogP contribution < -0.4 is 15.8 Å². The lowest BCUT2D eigenvalue weighted by atomic mass is 10.3. The van der Waals surface area contributed by atoms with Gasteiger partial charge < -0.3 is 15.8 Å². The molecular formula is C12H11BrClN3O. The van der Waals surface area contributed by atoms with Crippen molar-refractivity contribution in [2.45, 2.75) is 0 Å². The summed E-state index contributed by atoms with van der Waals surface area (Å²) in [5.74, 6) is 1.24. The molecule has 1 heterocycles. The normalized spacial score (nSPS) is 10.2. The number of nitrogen functional groups attached to an aromatic ring is 1. The maximum Gasteiger partial charge on any atom is 0.153 e. The summed E-state index contributed by atoms with van der Waals surface area (Å²) in [5, 5.41) is 3.61. The predicted octanol–water partition coefficient (Wildman–Crippen LogP) is 3.83. The van der Waals surface area contributed by atoms with Crippen LogP contribution in [0.4, 0.5) is 17.2 Å². The van der Waals surface area contributed by atoms with E-state index in [-0.39, 0.29) is 0 Å². The van der Waals surface area contributed by atoms with E-state index in [4.69, 9.17) is 22.1 Å². The van der Waals surface area contributed by atoms with Gasteiger partial charge in [-0.2, -0.15) is 0 Å². The van der Waals surface area contributed by atoms with Gasteiger partial charge in [0.2, 0.25) is 0 Å². The lowest BCUT2D eigenvalue weighted by Gasteiger charge is -2.12. The van der Waals surface area contributed by atoms with E-state index in [1.54, 1.807) is 13.2 Å². The molecule has 18 heavy (non-hydrogen) atoms. The molecular weight excluding hydrogens is 318 g/mol. The fourth-order valence-electron chi connectivity index (χ4n) is 1.46. The molecule has 94 valence electrons. The lowest BCUT2D eigenvalue weighted by Crippen LogP contribution is -2.00. The molecule has 0 atom stereocenters. The van der Waals surface area contributed by atoms with Gasteiger partial charge in [-0.05, 0) is 24.3 Å². The summed E-state index contributed by atoms with van der Waals surface area (Å²) >= 11 is 9.20. The first kappa shape index (κ1) is 13.0. The first-order valence-corrected chi connectivity index (χ1v) is 6.29. The quantitative estimate of drug-likeness (QED) is 0.899. The van der Waals surface area contributed by atoms with Crippen LogP contribution in [0, 0.1) is 0 Å². The summed E-state index contributed by atoms with van der Waals surface area (Å²) < 4.78 is 6.19. The third-order valence-electron chi connectivity index (χ3n) is 2.30. The van der Waals surface area contributed by atoms with E-state index in [0.29, 0.717) is 22.3 Å². The van der Waals surface area contributed by atoms with Gasteiger partial charge >= 0.3 is 0 Å². The van der Waals surface area contributed by atoms with E-state index < -0.39 is 0 Å². The van der Waals surface area contributed by atoms with Gasteiger partial charge in [0.15, 0.2) is 5.82 Å². The van der Waals surface area contributed by atoms with Crippen molar-refractivity contribution in [3.8, 4) is 5.75 Å². The predicted molar refractivity (Wildman–Crippen MR) is 77.6 cm³/mol. The van der Waals surface area contributed by atoms with Crippen LogP contribution in [0.15, 0.2) is 34.9 Å². The van der Waals surface area contributed by atoms with E-state index in [1.165, 1.54) is 6.20 Å². The number of pyridine rings is 1. The van der Waals surface area contributed by atoms with Crippen LogP contribution in [-0.2, 0) is 0 Å². The molecule has 0 aliphatic carbocycles.